The molecule has 1 aromatic rings. The second-order valence-corrected chi connectivity index (χ2v) is 6.13. The van der Waals surface area contributed by atoms with E-state index in [1.54, 1.807) is 0 Å². The maximum atomic E-state index is 5.57. The third-order valence-corrected chi connectivity index (χ3v) is 4.73. The van der Waals surface area contributed by atoms with Gasteiger partial charge in [0, 0.05) is 45.0 Å². The van der Waals surface area contributed by atoms with Crippen molar-refractivity contribution in [1.29, 1.82) is 0 Å². The van der Waals surface area contributed by atoms with Crippen molar-refractivity contribution < 1.29 is 9.47 Å². The highest BCUT2D eigenvalue weighted by atomic mass is 16.5. The molecule has 2 saturated heterocycles. The lowest BCUT2D eigenvalue weighted by atomic mass is 9.96. The van der Waals surface area contributed by atoms with Crippen LogP contribution in [-0.2, 0) is 22.4 Å². The SMILES string of the molecule is CCc1ccc([C@@H]2CCOC2)c(CN2CC[C@H](OC)C2)n1. The third kappa shape index (κ3) is 3.44. The maximum absolute atomic E-state index is 5.57. The Morgan fingerprint density at radius 1 is 1.38 bits per heavy atom. The number of rotatable bonds is 5. The summed E-state index contributed by atoms with van der Waals surface area (Å²) in [5.74, 6) is 0.527. The zero-order valence-electron chi connectivity index (χ0n) is 13.2. The number of aryl methyl sites for hydroxylation is 1. The molecule has 0 bridgehead atoms. The van der Waals surface area contributed by atoms with Gasteiger partial charge < -0.3 is 9.47 Å². The lowest BCUT2D eigenvalue weighted by molar-refractivity contribution is 0.107. The van der Waals surface area contributed by atoms with Crippen LogP contribution in [0.2, 0.25) is 0 Å². The average Bonchev–Trinajstić information content (AvgIpc) is 3.18. The van der Waals surface area contributed by atoms with Crippen LogP contribution in [0.15, 0.2) is 12.1 Å². The van der Waals surface area contributed by atoms with Crippen LogP contribution < -0.4 is 0 Å². The predicted octanol–water partition coefficient (Wildman–Crippen LogP) is 2.37. The highest BCUT2D eigenvalue weighted by molar-refractivity contribution is 5.28. The Kier molecular flexibility index (Phi) is 4.88. The first kappa shape index (κ1) is 14.9. The van der Waals surface area contributed by atoms with E-state index in [0.717, 1.165) is 52.1 Å². The average molecular weight is 290 g/mol. The minimum atomic E-state index is 0.387. The largest absolute Gasteiger partial charge is 0.381 e. The molecule has 0 spiro atoms. The Balaban J connectivity index is 1.77. The highest BCUT2D eigenvalue weighted by Gasteiger charge is 2.26. The molecule has 0 aliphatic carbocycles. The molecule has 1 aromatic heterocycles. The number of pyridine rings is 1. The van der Waals surface area contributed by atoms with Crippen molar-refractivity contribution in [2.45, 2.75) is 44.8 Å². The van der Waals surface area contributed by atoms with E-state index in [-0.39, 0.29) is 0 Å². The van der Waals surface area contributed by atoms with Gasteiger partial charge in [-0.15, -0.1) is 0 Å². The van der Waals surface area contributed by atoms with Gasteiger partial charge in [-0.25, -0.2) is 0 Å². The van der Waals surface area contributed by atoms with Crippen LogP contribution in [0.4, 0.5) is 0 Å². The molecular weight excluding hydrogens is 264 g/mol. The van der Waals surface area contributed by atoms with Crippen LogP contribution in [0.3, 0.4) is 0 Å². The molecule has 3 rings (SSSR count). The monoisotopic (exact) mass is 290 g/mol. The van der Waals surface area contributed by atoms with Gasteiger partial charge in [0.15, 0.2) is 0 Å². The first-order chi connectivity index (χ1) is 10.3. The number of hydrogen-bond donors (Lipinski definition) is 0. The van der Waals surface area contributed by atoms with Gasteiger partial charge in [0.05, 0.1) is 18.4 Å². The fourth-order valence-corrected chi connectivity index (χ4v) is 3.38. The lowest BCUT2D eigenvalue weighted by Gasteiger charge is -2.20. The number of methoxy groups -OCH3 is 1. The van der Waals surface area contributed by atoms with E-state index < -0.39 is 0 Å². The molecule has 21 heavy (non-hydrogen) atoms. The summed E-state index contributed by atoms with van der Waals surface area (Å²) in [4.78, 5) is 7.38. The second kappa shape index (κ2) is 6.86. The molecule has 116 valence electrons. The zero-order chi connectivity index (χ0) is 14.7. The Morgan fingerprint density at radius 2 is 2.29 bits per heavy atom. The summed E-state index contributed by atoms with van der Waals surface area (Å²) in [6.45, 7) is 6.98. The molecule has 0 unspecified atom stereocenters. The maximum Gasteiger partial charge on any atom is 0.0710 e. The van der Waals surface area contributed by atoms with E-state index in [1.807, 2.05) is 7.11 Å². The van der Waals surface area contributed by atoms with Gasteiger partial charge in [0.1, 0.15) is 0 Å². The standard InChI is InChI=1S/C17H26N2O2/c1-3-14-4-5-16(13-7-9-21-12-13)17(18-14)11-19-8-6-15(10-19)20-2/h4-5,13,15H,3,6-12H2,1-2H3/t13-,15+/m1/s1. The van der Waals surface area contributed by atoms with Crippen molar-refractivity contribution in [3.05, 3.63) is 29.1 Å². The van der Waals surface area contributed by atoms with Gasteiger partial charge in [-0.1, -0.05) is 13.0 Å². The summed E-state index contributed by atoms with van der Waals surface area (Å²) in [6.07, 6.45) is 3.64. The van der Waals surface area contributed by atoms with Crippen molar-refractivity contribution in [3.8, 4) is 0 Å². The van der Waals surface area contributed by atoms with Crippen molar-refractivity contribution in [1.82, 2.24) is 9.88 Å². The van der Waals surface area contributed by atoms with Crippen LogP contribution in [0.1, 0.15) is 42.6 Å². The Labute approximate surface area is 127 Å². The Morgan fingerprint density at radius 3 is 2.95 bits per heavy atom. The van der Waals surface area contributed by atoms with Gasteiger partial charge in [-0.05, 0) is 30.9 Å². The fraction of sp³-hybridized carbons (Fsp3) is 0.706. The van der Waals surface area contributed by atoms with Crippen LogP contribution in [-0.4, -0.2) is 49.4 Å². The number of nitrogens with zero attached hydrogens (tertiary/aromatic N) is 2. The molecule has 0 amide bonds. The van der Waals surface area contributed by atoms with Crippen molar-refractivity contribution >= 4 is 0 Å². The molecule has 2 aliphatic rings. The van der Waals surface area contributed by atoms with E-state index >= 15 is 0 Å². The van der Waals surface area contributed by atoms with E-state index in [1.165, 1.54) is 17.0 Å². The molecule has 0 radical (unpaired) electrons. The first-order valence-corrected chi connectivity index (χ1v) is 8.11. The van der Waals surface area contributed by atoms with Gasteiger partial charge in [0.2, 0.25) is 0 Å². The van der Waals surface area contributed by atoms with Crippen molar-refractivity contribution in [2.24, 2.45) is 0 Å². The zero-order valence-corrected chi connectivity index (χ0v) is 13.2. The highest BCUT2D eigenvalue weighted by Crippen LogP contribution is 2.29. The summed E-state index contributed by atoms with van der Waals surface area (Å²) in [6, 6.07) is 4.46. The number of ether oxygens (including phenoxy) is 2. The van der Waals surface area contributed by atoms with Gasteiger partial charge in [-0.3, -0.25) is 9.88 Å². The lowest BCUT2D eigenvalue weighted by Crippen LogP contribution is -2.24. The smallest absolute Gasteiger partial charge is 0.0710 e. The molecule has 4 heteroatoms. The summed E-state index contributed by atoms with van der Waals surface area (Å²) in [7, 11) is 1.81. The third-order valence-electron chi connectivity index (χ3n) is 4.73. The Hall–Kier alpha value is -0.970. The fourth-order valence-electron chi connectivity index (χ4n) is 3.38. The van der Waals surface area contributed by atoms with Crippen LogP contribution in [0.5, 0.6) is 0 Å². The molecule has 0 N–H and O–H groups in total. The van der Waals surface area contributed by atoms with Crippen LogP contribution in [0, 0.1) is 0 Å². The van der Waals surface area contributed by atoms with E-state index in [9.17, 15) is 0 Å². The van der Waals surface area contributed by atoms with Crippen LogP contribution >= 0.6 is 0 Å². The van der Waals surface area contributed by atoms with Gasteiger partial charge in [-0.2, -0.15) is 0 Å². The van der Waals surface area contributed by atoms with Gasteiger partial charge >= 0.3 is 0 Å². The molecule has 4 nitrogen and oxygen atoms in total. The van der Waals surface area contributed by atoms with Crippen molar-refractivity contribution in [3.63, 3.8) is 0 Å². The summed E-state index contributed by atoms with van der Waals surface area (Å²) >= 11 is 0. The van der Waals surface area contributed by atoms with E-state index in [0.29, 0.717) is 12.0 Å². The minimum Gasteiger partial charge on any atom is -0.381 e. The molecule has 2 aliphatic heterocycles. The number of likely N-dealkylation sites (tertiary alicyclic amines) is 1. The van der Waals surface area contributed by atoms with E-state index in [2.05, 4.69) is 24.0 Å². The Bertz CT molecular complexity index is 472. The summed E-state index contributed by atoms with van der Waals surface area (Å²) in [5, 5.41) is 0. The molecule has 0 aromatic carbocycles. The number of hydrogen-bond acceptors (Lipinski definition) is 4. The second-order valence-electron chi connectivity index (χ2n) is 6.13. The molecule has 2 fully saturated rings. The summed E-state index contributed by atoms with van der Waals surface area (Å²) in [5.41, 5.74) is 3.84. The summed E-state index contributed by atoms with van der Waals surface area (Å²) < 4.78 is 11.0. The molecule has 3 heterocycles. The quantitative estimate of drug-likeness (QED) is 0.834. The van der Waals surface area contributed by atoms with Crippen LogP contribution in [0.25, 0.3) is 0 Å². The number of aromatic nitrogens is 1. The molecular formula is C17H26N2O2. The normalized spacial score (nSPS) is 26.6. The topological polar surface area (TPSA) is 34.6 Å². The first-order valence-electron chi connectivity index (χ1n) is 8.11. The van der Waals surface area contributed by atoms with Gasteiger partial charge in [0.25, 0.3) is 0 Å². The molecule has 0 saturated carbocycles. The van der Waals surface area contributed by atoms with Crippen molar-refractivity contribution in [2.75, 3.05) is 33.4 Å². The van der Waals surface area contributed by atoms with E-state index in [4.69, 9.17) is 14.5 Å². The predicted molar refractivity (Wildman–Crippen MR) is 82.5 cm³/mol. The minimum absolute atomic E-state index is 0.387. The molecule has 2 atom stereocenters.